The van der Waals surface area contributed by atoms with Crippen LogP contribution in [0, 0.1) is 0 Å². The zero-order valence-corrected chi connectivity index (χ0v) is 12.7. The third kappa shape index (κ3) is 2.90. The number of carbonyl (C=O) groups is 2. The summed E-state index contributed by atoms with van der Waals surface area (Å²) in [5.41, 5.74) is 0.486. The molecule has 2 aliphatic heterocycles. The van der Waals surface area contributed by atoms with Crippen LogP contribution in [-0.2, 0) is 9.59 Å². The summed E-state index contributed by atoms with van der Waals surface area (Å²) < 4.78 is 0. The summed E-state index contributed by atoms with van der Waals surface area (Å²) in [5, 5.41) is 8.32. The largest absolute Gasteiger partial charge is 0.345 e. The smallest absolute Gasteiger partial charge is 0.270 e. The number of thiazole rings is 1. The molecule has 3 rings (SSSR count). The summed E-state index contributed by atoms with van der Waals surface area (Å²) in [7, 11) is 1.59. The predicted octanol–water partition coefficient (Wildman–Crippen LogP) is 0.400. The lowest BCUT2D eigenvalue weighted by Gasteiger charge is -2.35. The number of anilines is 1. The van der Waals surface area contributed by atoms with Gasteiger partial charge in [0.2, 0.25) is 5.91 Å². The third-order valence-electron chi connectivity index (χ3n) is 3.71. The first kappa shape index (κ1) is 14.0. The van der Waals surface area contributed by atoms with Gasteiger partial charge >= 0.3 is 0 Å². The molecular formula is C13H17N5O2S. The Balaban J connectivity index is 1.60. The number of hydrogen-bond donors (Lipinski definition) is 0. The van der Waals surface area contributed by atoms with Crippen LogP contribution in [0.25, 0.3) is 0 Å². The van der Waals surface area contributed by atoms with E-state index in [4.69, 9.17) is 0 Å². The van der Waals surface area contributed by atoms with Gasteiger partial charge in [0.15, 0.2) is 5.13 Å². The third-order valence-corrected chi connectivity index (χ3v) is 4.54. The molecule has 0 radical (unpaired) electrons. The fourth-order valence-electron chi connectivity index (χ4n) is 2.48. The summed E-state index contributed by atoms with van der Waals surface area (Å²) >= 11 is 1.61. The Labute approximate surface area is 126 Å². The Morgan fingerprint density at radius 1 is 1.24 bits per heavy atom. The van der Waals surface area contributed by atoms with Gasteiger partial charge in [-0.3, -0.25) is 9.59 Å². The van der Waals surface area contributed by atoms with Crippen LogP contribution < -0.4 is 4.90 Å². The first-order valence-electron chi connectivity index (χ1n) is 6.93. The van der Waals surface area contributed by atoms with Crippen LogP contribution >= 0.6 is 11.3 Å². The first-order valence-corrected chi connectivity index (χ1v) is 7.81. The molecule has 1 aromatic rings. The van der Waals surface area contributed by atoms with Crippen LogP contribution in [0.5, 0.6) is 0 Å². The minimum absolute atomic E-state index is 0.0415. The second-order valence-corrected chi connectivity index (χ2v) is 5.93. The van der Waals surface area contributed by atoms with E-state index in [1.54, 1.807) is 24.6 Å². The van der Waals surface area contributed by atoms with Crippen LogP contribution in [-0.4, -0.2) is 65.6 Å². The molecular weight excluding hydrogens is 290 g/mol. The van der Waals surface area contributed by atoms with E-state index in [0.717, 1.165) is 18.2 Å². The van der Waals surface area contributed by atoms with Crippen LogP contribution in [0.15, 0.2) is 16.7 Å². The quantitative estimate of drug-likeness (QED) is 0.793. The second kappa shape index (κ2) is 5.80. The number of amides is 2. The summed E-state index contributed by atoms with van der Waals surface area (Å²) in [6.45, 7) is 2.88. The zero-order chi connectivity index (χ0) is 14.8. The number of hydrazone groups is 1. The van der Waals surface area contributed by atoms with Gasteiger partial charge < -0.3 is 9.80 Å². The van der Waals surface area contributed by atoms with Gasteiger partial charge in [0.05, 0.1) is 0 Å². The van der Waals surface area contributed by atoms with Crippen molar-refractivity contribution in [3.63, 3.8) is 0 Å². The van der Waals surface area contributed by atoms with Crippen molar-refractivity contribution >= 4 is 34.0 Å². The van der Waals surface area contributed by atoms with Gasteiger partial charge in [-0.2, -0.15) is 5.10 Å². The molecule has 0 atom stereocenters. The molecule has 1 fully saturated rings. The predicted molar refractivity (Wildman–Crippen MR) is 80.3 cm³/mol. The van der Waals surface area contributed by atoms with Crippen LogP contribution in [0.4, 0.5) is 5.13 Å². The van der Waals surface area contributed by atoms with Gasteiger partial charge in [-0.15, -0.1) is 11.3 Å². The fourth-order valence-corrected chi connectivity index (χ4v) is 3.18. The highest BCUT2D eigenvalue weighted by Gasteiger charge is 2.28. The average molecular weight is 307 g/mol. The van der Waals surface area contributed by atoms with E-state index in [-0.39, 0.29) is 11.8 Å². The molecule has 7 nitrogen and oxygen atoms in total. The molecule has 2 amide bonds. The van der Waals surface area contributed by atoms with Gasteiger partial charge in [-0.05, 0) is 0 Å². The van der Waals surface area contributed by atoms with E-state index in [1.165, 1.54) is 5.01 Å². The maximum Gasteiger partial charge on any atom is 0.270 e. The topological polar surface area (TPSA) is 69.1 Å². The molecule has 1 aromatic heterocycles. The molecule has 0 spiro atoms. The number of aromatic nitrogens is 1. The second-order valence-electron chi connectivity index (χ2n) is 5.06. The van der Waals surface area contributed by atoms with Crippen LogP contribution in [0.1, 0.15) is 12.8 Å². The van der Waals surface area contributed by atoms with Gasteiger partial charge in [0.1, 0.15) is 5.71 Å². The van der Waals surface area contributed by atoms with Gasteiger partial charge in [-0.25, -0.2) is 9.99 Å². The lowest BCUT2D eigenvalue weighted by Crippen LogP contribution is -2.51. The van der Waals surface area contributed by atoms with Crippen molar-refractivity contribution < 1.29 is 9.59 Å². The minimum atomic E-state index is -0.0480. The molecule has 2 aliphatic rings. The highest BCUT2D eigenvalue weighted by molar-refractivity contribution is 7.13. The Kier molecular flexibility index (Phi) is 3.87. The van der Waals surface area contributed by atoms with E-state index in [2.05, 4.69) is 15.0 Å². The normalized spacial score (nSPS) is 19.8. The standard InChI is InChI=1S/C13H17N5O2S/c1-16-11(19)3-2-10(15-16)12(20)17-5-7-18(8-6-17)13-14-4-9-21-13/h4,9H,2-3,5-8H2,1H3. The molecule has 8 heteroatoms. The molecule has 0 aromatic carbocycles. The Morgan fingerprint density at radius 3 is 2.62 bits per heavy atom. The molecule has 0 saturated carbocycles. The van der Waals surface area contributed by atoms with Crippen molar-refractivity contribution in [1.29, 1.82) is 0 Å². The van der Waals surface area contributed by atoms with Crippen molar-refractivity contribution in [1.82, 2.24) is 14.9 Å². The number of hydrogen-bond acceptors (Lipinski definition) is 6. The van der Waals surface area contributed by atoms with E-state index in [9.17, 15) is 9.59 Å². The Hall–Kier alpha value is -1.96. The van der Waals surface area contributed by atoms with Gasteiger partial charge in [0, 0.05) is 57.6 Å². The van der Waals surface area contributed by atoms with E-state index < -0.39 is 0 Å². The Morgan fingerprint density at radius 2 is 2.00 bits per heavy atom. The monoisotopic (exact) mass is 307 g/mol. The molecule has 3 heterocycles. The summed E-state index contributed by atoms with van der Waals surface area (Å²) in [4.78, 5) is 32.1. The van der Waals surface area contributed by atoms with Crippen molar-refractivity contribution in [2.75, 3.05) is 38.1 Å². The highest BCUT2D eigenvalue weighted by atomic mass is 32.1. The maximum absolute atomic E-state index is 12.4. The van der Waals surface area contributed by atoms with Crippen molar-refractivity contribution in [2.45, 2.75) is 12.8 Å². The number of carbonyl (C=O) groups excluding carboxylic acids is 2. The molecule has 112 valence electrons. The molecule has 21 heavy (non-hydrogen) atoms. The van der Waals surface area contributed by atoms with Gasteiger partial charge in [0.25, 0.3) is 5.91 Å². The van der Waals surface area contributed by atoms with E-state index >= 15 is 0 Å². The minimum Gasteiger partial charge on any atom is -0.345 e. The maximum atomic E-state index is 12.4. The lowest BCUT2D eigenvalue weighted by molar-refractivity contribution is -0.130. The van der Waals surface area contributed by atoms with E-state index in [1.807, 2.05) is 10.3 Å². The Bertz CT molecular complexity index is 563. The molecule has 0 unspecified atom stereocenters. The van der Waals surface area contributed by atoms with Crippen molar-refractivity contribution in [3.05, 3.63) is 11.6 Å². The molecule has 0 N–H and O–H groups in total. The van der Waals surface area contributed by atoms with Gasteiger partial charge in [-0.1, -0.05) is 0 Å². The summed E-state index contributed by atoms with van der Waals surface area (Å²) in [6.07, 6.45) is 2.59. The SMILES string of the molecule is CN1N=C(C(=O)N2CCN(c3nccs3)CC2)CCC1=O. The summed E-state index contributed by atoms with van der Waals surface area (Å²) in [5.74, 6) is -0.0896. The zero-order valence-electron chi connectivity index (χ0n) is 11.9. The number of piperazine rings is 1. The van der Waals surface area contributed by atoms with E-state index in [0.29, 0.717) is 31.6 Å². The molecule has 0 bridgehead atoms. The summed E-state index contributed by atoms with van der Waals surface area (Å²) in [6, 6.07) is 0. The lowest BCUT2D eigenvalue weighted by atomic mass is 10.1. The molecule has 1 saturated heterocycles. The van der Waals surface area contributed by atoms with Crippen molar-refractivity contribution in [3.8, 4) is 0 Å². The highest BCUT2D eigenvalue weighted by Crippen LogP contribution is 2.19. The fraction of sp³-hybridized carbons (Fsp3) is 0.538. The molecule has 0 aliphatic carbocycles. The number of nitrogens with zero attached hydrogens (tertiary/aromatic N) is 5. The van der Waals surface area contributed by atoms with Crippen molar-refractivity contribution in [2.24, 2.45) is 5.10 Å². The number of rotatable bonds is 2. The van der Waals surface area contributed by atoms with Crippen LogP contribution in [0.3, 0.4) is 0 Å². The van der Waals surface area contributed by atoms with Crippen LogP contribution in [0.2, 0.25) is 0 Å². The average Bonchev–Trinajstić information content (AvgIpc) is 3.04. The first-order chi connectivity index (χ1) is 10.1.